The van der Waals surface area contributed by atoms with Crippen LogP contribution in [0.25, 0.3) is 0 Å². The van der Waals surface area contributed by atoms with Gasteiger partial charge < -0.3 is 15.2 Å². The molecule has 0 fully saturated rings. The molecule has 4 rings (SSSR count). The molecule has 148 valence electrons. The minimum Gasteiger partial charge on any atom is -0.323 e. The van der Waals surface area contributed by atoms with Crippen molar-refractivity contribution >= 4 is 23.2 Å². The average Bonchev–Trinajstić information content (AvgIpc) is 3.11. The van der Waals surface area contributed by atoms with Gasteiger partial charge in [-0.2, -0.15) is 0 Å². The zero-order chi connectivity index (χ0) is 20.4. The van der Waals surface area contributed by atoms with Gasteiger partial charge in [0.25, 0.3) is 11.8 Å². The van der Waals surface area contributed by atoms with Crippen molar-refractivity contribution < 1.29 is 18.4 Å². The zero-order valence-corrected chi connectivity index (χ0v) is 15.4. The summed E-state index contributed by atoms with van der Waals surface area (Å²) in [5.74, 6) is -2.30. The summed E-state index contributed by atoms with van der Waals surface area (Å²) in [6, 6.07) is 11.6. The third-order valence-electron chi connectivity index (χ3n) is 4.78. The molecule has 0 aliphatic carbocycles. The zero-order valence-electron chi connectivity index (χ0n) is 15.4. The van der Waals surface area contributed by atoms with Gasteiger partial charge in [-0.1, -0.05) is 24.3 Å². The van der Waals surface area contributed by atoms with Crippen molar-refractivity contribution in [3.05, 3.63) is 77.4 Å². The van der Waals surface area contributed by atoms with Crippen LogP contribution in [0.15, 0.2) is 48.5 Å². The Kier molecular flexibility index (Phi) is 5.07. The second kappa shape index (κ2) is 7.83. The van der Waals surface area contributed by atoms with E-state index in [1.807, 2.05) is 0 Å². The van der Waals surface area contributed by atoms with Gasteiger partial charge >= 0.3 is 0 Å². The quantitative estimate of drug-likeness (QED) is 0.700. The highest BCUT2D eigenvalue weighted by atomic mass is 19.1. The molecule has 2 aromatic carbocycles. The van der Waals surface area contributed by atoms with Crippen LogP contribution in [0.3, 0.4) is 0 Å². The molecule has 0 saturated carbocycles. The van der Waals surface area contributed by atoms with E-state index in [-0.39, 0.29) is 22.9 Å². The fourth-order valence-corrected chi connectivity index (χ4v) is 3.38. The topological polar surface area (TPSA) is 76.0 Å². The predicted molar refractivity (Wildman–Crippen MR) is 104 cm³/mol. The number of halogens is 2. The third kappa shape index (κ3) is 3.73. The number of carbonyl (C=O) groups is 2. The minimum atomic E-state index is -0.608. The Labute approximate surface area is 165 Å². The lowest BCUT2D eigenvalue weighted by Crippen LogP contribution is -2.21. The van der Waals surface area contributed by atoms with Gasteiger partial charge in [0.2, 0.25) is 0 Å². The molecule has 1 aromatic heterocycles. The first kappa shape index (κ1) is 18.8. The molecule has 2 N–H and O–H groups in total. The van der Waals surface area contributed by atoms with E-state index in [0.29, 0.717) is 18.7 Å². The van der Waals surface area contributed by atoms with Crippen LogP contribution in [0.1, 0.15) is 39.6 Å². The molecule has 0 spiro atoms. The fourth-order valence-electron chi connectivity index (χ4n) is 3.38. The lowest BCUT2D eigenvalue weighted by atomic mass is 10.1. The van der Waals surface area contributed by atoms with E-state index < -0.39 is 23.4 Å². The van der Waals surface area contributed by atoms with Gasteiger partial charge in [0.15, 0.2) is 11.5 Å². The molecular formula is C21H18F2N4O2. The third-order valence-corrected chi connectivity index (χ3v) is 4.78. The number of rotatable bonds is 4. The van der Waals surface area contributed by atoms with Gasteiger partial charge in [0.1, 0.15) is 11.6 Å². The Morgan fingerprint density at radius 3 is 2.07 bits per heavy atom. The number of nitrogens with zero attached hydrogens (tertiary/aromatic N) is 2. The Balaban J connectivity index is 1.65. The summed E-state index contributed by atoms with van der Waals surface area (Å²) in [5, 5.41) is 5.00. The molecule has 1 aliphatic rings. The summed E-state index contributed by atoms with van der Waals surface area (Å²) in [7, 11) is 0. The number of hydrogen-bond acceptors (Lipinski definition) is 3. The Morgan fingerprint density at radius 2 is 1.45 bits per heavy atom. The van der Waals surface area contributed by atoms with Crippen molar-refractivity contribution in [1.82, 2.24) is 9.55 Å². The summed E-state index contributed by atoms with van der Waals surface area (Å²) in [6.45, 7) is 0.523. The summed E-state index contributed by atoms with van der Waals surface area (Å²) < 4.78 is 29.4. The van der Waals surface area contributed by atoms with Crippen LogP contribution < -0.4 is 10.6 Å². The lowest BCUT2D eigenvalue weighted by molar-refractivity contribution is 0.101. The van der Waals surface area contributed by atoms with Crippen LogP contribution >= 0.6 is 0 Å². The highest BCUT2D eigenvalue weighted by molar-refractivity contribution is 6.07. The summed E-state index contributed by atoms with van der Waals surface area (Å²) in [6.07, 6.45) is 2.25. The van der Waals surface area contributed by atoms with E-state index in [2.05, 4.69) is 15.6 Å². The second-order valence-corrected chi connectivity index (χ2v) is 6.71. The maximum atomic E-state index is 13.9. The molecule has 0 unspecified atom stereocenters. The fraction of sp³-hybridized carbons (Fsp3) is 0.190. The van der Waals surface area contributed by atoms with Crippen LogP contribution in [0.5, 0.6) is 0 Å². The van der Waals surface area contributed by atoms with E-state index in [0.717, 1.165) is 12.8 Å². The molecule has 6 nitrogen and oxygen atoms in total. The molecule has 8 heteroatoms. The first-order valence-corrected chi connectivity index (χ1v) is 9.26. The van der Waals surface area contributed by atoms with Crippen molar-refractivity contribution in [2.45, 2.75) is 25.8 Å². The van der Waals surface area contributed by atoms with Gasteiger partial charge in [-0.25, -0.2) is 13.8 Å². The summed E-state index contributed by atoms with van der Waals surface area (Å²) in [5.41, 5.74) is 0.755. The Morgan fingerprint density at radius 1 is 0.862 bits per heavy atom. The monoisotopic (exact) mass is 396 g/mol. The van der Waals surface area contributed by atoms with Crippen molar-refractivity contribution in [1.29, 1.82) is 0 Å². The molecule has 3 aromatic rings. The van der Waals surface area contributed by atoms with Gasteiger partial charge in [-0.05, 0) is 43.5 Å². The first-order chi connectivity index (χ1) is 14.0. The molecule has 0 bridgehead atoms. The van der Waals surface area contributed by atoms with Crippen molar-refractivity contribution in [3.8, 4) is 0 Å². The largest absolute Gasteiger partial charge is 0.323 e. The number of nitrogens with one attached hydrogen (secondary N) is 2. The highest BCUT2D eigenvalue weighted by Gasteiger charge is 2.28. The molecule has 1 aliphatic heterocycles. The molecule has 29 heavy (non-hydrogen) atoms. The van der Waals surface area contributed by atoms with Gasteiger partial charge in [-0.3, -0.25) is 9.59 Å². The van der Waals surface area contributed by atoms with Gasteiger partial charge in [0.05, 0.1) is 17.1 Å². The number of carbonyl (C=O) groups excluding carboxylic acids is 2. The molecule has 0 radical (unpaired) electrons. The first-order valence-electron chi connectivity index (χ1n) is 9.26. The van der Waals surface area contributed by atoms with E-state index >= 15 is 0 Å². The van der Waals surface area contributed by atoms with Crippen LogP contribution in [-0.2, 0) is 13.0 Å². The molecule has 0 saturated heterocycles. The molecular weight excluding hydrogens is 378 g/mol. The van der Waals surface area contributed by atoms with Crippen molar-refractivity contribution in [3.63, 3.8) is 0 Å². The van der Waals surface area contributed by atoms with Crippen LogP contribution in [0.2, 0.25) is 0 Å². The van der Waals surface area contributed by atoms with Crippen LogP contribution in [0, 0.1) is 11.6 Å². The van der Waals surface area contributed by atoms with E-state index in [1.165, 1.54) is 36.4 Å². The average molecular weight is 396 g/mol. The SMILES string of the molecule is O=C(Nc1ccccc1F)c1nc(C(=O)Nc2ccccc2F)n2c1CCCC2. The number of para-hydroxylation sites is 2. The maximum absolute atomic E-state index is 13.9. The maximum Gasteiger partial charge on any atom is 0.291 e. The van der Waals surface area contributed by atoms with Crippen LogP contribution in [-0.4, -0.2) is 21.4 Å². The standard InChI is InChI=1S/C21H18F2N4O2/c22-13-7-1-3-9-15(13)24-20(28)18-17-11-5-6-12-27(17)19(26-18)21(29)25-16-10-4-2-8-14(16)23/h1-4,7-10H,5-6,11-12H2,(H,24,28)(H,25,29). The van der Waals surface area contributed by atoms with E-state index in [9.17, 15) is 18.4 Å². The van der Waals surface area contributed by atoms with Crippen molar-refractivity contribution in [2.24, 2.45) is 0 Å². The molecule has 0 atom stereocenters. The van der Waals surface area contributed by atoms with Gasteiger partial charge in [0, 0.05) is 6.54 Å². The number of imidazole rings is 1. The number of hydrogen-bond donors (Lipinski definition) is 2. The van der Waals surface area contributed by atoms with E-state index in [4.69, 9.17) is 0 Å². The summed E-state index contributed by atoms with van der Waals surface area (Å²) in [4.78, 5) is 29.7. The Hall–Kier alpha value is -3.55. The smallest absolute Gasteiger partial charge is 0.291 e. The van der Waals surface area contributed by atoms with Gasteiger partial charge in [-0.15, -0.1) is 0 Å². The number of amides is 2. The van der Waals surface area contributed by atoms with E-state index in [1.54, 1.807) is 16.7 Å². The number of benzene rings is 2. The molecule has 2 amide bonds. The van der Waals surface area contributed by atoms with Crippen molar-refractivity contribution in [2.75, 3.05) is 10.6 Å². The normalized spacial score (nSPS) is 12.9. The summed E-state index contributed by atoms with van der Waals surface area (Å²) >= 11 is 0. The number of anilines is 2. The minimum absolute atomic E-state index is 0.0293. The Bertz CT molecular complexity index is 1010. The van der Waals surface area contributed by atoms with Crippen LogP contribution in [0.4, 0.5) is 20.2 Å². The number of fused-ring (bicyclic) bond motifs is 1. The molecule has 2 heterocycles. The number of aromatic nitrogens is 2. The highest BCUT2D eigenvalue weighted by Crippen LogP contribution is 2.24. The second-order valence-electron chi connectivity index (χ2n) is 6.71. The lowest BCUT2D eigenvalue weighted by Gasteiger charge is -2.17. The predicted octanol–water partition coefficient (Wildman–Crippen LogP) is 4.00.